The lowest BCUT2D eigenvalue weighted by Crippen LogP contribution is -2.43. The van der Waals surface area contributed by atoms with Crippen LogP contribution in [0.5, 0.6) is 0 Å². The van der Waals surface area contributed by atoms with Crippen molar-refractivity contribution in [3.8, 4) is 0 Å². The Balaban J connectivity index is 1.73. The van der Waals surface area contributed by atoms with E-state index in [0.717, 1.165) is 11.1 Å². The van der Waals surface area contributed by atoms with Crippen LogP contribution >= 0.6 is 23.2 Å². The number of nitrogens with zero attached hydrogens (tertiary/aromatic N) is 3. The Hall–Kier alpha value is -3.00. The third-order valence-corrected chi connectivity index (χ3v) is 7.92. The fourth-order valence-corrected chi connectivity index (χ4v) is 5.38. The Morgan fingerprint density at radius 2 is 1.53 bits per heavy atom. The van der Waals surface area contributed by atoms with Gasteiger partial charge >= 0.3 is 0 Å². The van der Waals surface area contributed by atoms with E-state index in [1.165, 1.54) is 29.3 Å². The van der Waals surface area contributed by atoms with Crippen LogP contribution in [0.3, 0.4) is 0 Å². The van der Waals surface area contributed by atoms with Crippen molar-refractivity contribution < 1.29 is 16.8 Å². The van der Waals surface area contributed by atoms with Crippen molar-refractivity contribution >= 4 is 55.1 Å². The average molecular weight is 596 g/mol. The maximum atomic E-state index is 13.2. The fourth-order valence-electron chi connectivity index (χ4n) is 3.77. The Labute approximate surface area is 231 Å². The number of sulfonamides is 1. The molecule has 0 aliphatic carbocycles. The van der Waals surface area contributed by atoms with Gasteiger partial charge in [-0.05, 0) is 47.5 Å². The average Bonchev–Trinajstić information content (AvgIpc) is 3.32. The molecule has 1 heterocycles. The first-order valence-corrected chi connectivity index (χ1v) is 15.0. The van der Waals surface area contributed by atoms with Gasteiger partial charge in [0.05, 0.1) is 17.2 Å². The van der Waals surface area contributed by atoms with E-state index < -0.39 is 20.2 Å². The Morgan fingerprint density at radius 3 is 2.13 bits per heavy atom. The second-order valence-corrected chi connectivity index (χ2v) is 12.1. The van der Waals surface area contributed by atoms with E-state index in [0.29, 0.717) is 15.8 Å². The molecular formula is C24H24Cl2N6O4S2. The van der Waals surface area contributed by atoms with Gasteiger partial charge in [0, 0.05) is 29.1 Å². The van der Waals surface area contributed by atoms with Gasteiger partial charge in [-0.2, -0.15) is 21.9 Å². The zero-order valence-electron chi connectivity index (χ0n) is 19.8. The molecular weight excluding hydrogens is 571 g/mol. The third kappa shape index (κ3) is 7.31. The molecule has 4 N–H and O–H groups in total. The quantitative estimate of drug-likeness (QED) is 0.207. The fraction of sp³-hybridized carbons (Fsp3) is 0.167. The van der Waals surface area contributed by atoms with Gasteiger partial charge in [0.25, 0.3) is 20.2 Å². The number of nitrogens with one attached hydrogen (secondary N) is 2. The molecule has 0 bridgehead atoms. The van der Waals surface area contributed by atoms with Crippen molar-refractivity contribution in [2.45, 2.75) is 10.8 Å². The van der Waals surface area contributed by atoms with Crippen LogP contribution in [-0.4, -0.2) is 53.2 Å². The number of hydrogen-bond donors (Lipinski definition) is 3. The minimum atomic E-state index is -4.17. The zero-order valence-corrected chi connectivity index (χ0v) is 23.0. The maximum absolute atomic E-state index is 13.2. The summed E-state index contributed by atoms with van der Waals surface area (Å²) in [6.07, 6.45) is 0. The van der Waals surface area contributed by atoms with Gasteiger partial charge in [0.2, 0.25) is 5.96 Å². The molecule has 38 heavy (non-hydrogen) atoms. The van der Waals surface area contributed by atoms with Gasteiger partial charge in [-0.1, -0.05) is 65.7 Å². The smallest absolute Gasteiger partial charge is 0.285 e. The highest BCUT2D eigenvalue weighted by Gasteiger charge is 2.32. The lowest BCUT2D eigenvalue weighted by Gasteiger charge is -2.19. The topological polar surface area (TPSA) is 146 Å². The Morgan fingerprint density at radius 1 is 0.921 bits per heavy atom. The standard InChI is InChI=1S/C24H24Cl2N6O4S2/c25-19-8-6-18(7-9-19)23-22(17-4-2-1-3-5-17)16-32(30-23)24(28-14-15-29-38(27,35)36)31-37(33,34)21-12-10-20(26)11-13-21/h1-13,22,29H,14-16H2,(H,28,31)(H2,27,35,36)/t22-/m0/s1. The molecule has 0 fully saturated rings. The van der Waals surface area contributed by atoms with Crippen molar-refractivity contribution in [3.63, 3.8) is 0 Å². The van der Waals surface area contributed by atoms with Gasteiger partial charge in [-0.15, -0.1) is 4.40 Å². The number of hydrazone groups is 1. The molecule has 0 saturated carbocycles. The first-order chi connectivity index (χ1) is 18.0. The summed E-state index contributed by atoms with van der Waals surface area (Å²) in [6.45, 7) is 0.152. The highest BCUT2D eigenvalue weighted by molar-refractivity contribution is 7.90. The number of halogens is 2. The van der Waals surface area contributed by atoms with Gasteiger partial charge in [0.1, 0.15) is 0 Å². The van der Waals surface area contributed by atoms with Gasteiger partial charge in [0.15, 0.2) is 0 Å². The summed E-state index contributed by atoms with van der Waals surface area (Å²) >= 11 is 12.0. The predicted octanol–water partition coefficient (Wildman–Crippen LogP) is 2.92. The molecule has 0 unspecified atom stereocenters. The van der Waals surface area contributed by atoms with E-state index in [1.54, 1.807) is 12.1 Å². The molecule has 1 atom stereocenters. The molecule has 14 heteroatoms. The molecule has 0 radical (unpaired) electrons. The molecule has 4 rings (SSSR count). The number of benzene rings is 3. The van der Waals surface area contributed by atoms with Crippen LogP contribution in [0.15, 0.2) is 93.3 Å². The molecule has 1 aliphatic rings. The van der Waals surface area contributed by atoms with E-state index in [4.69, 9.17) is 33.4 Å². The van der Waals surface area contributed by atoms with E-state index in [9.17, 15) is 16.8 Å². The molecule has 3 aromatic carbocycles. The monoisotopic (exact) mass is 594 g/mol. The summed E-state index contributed by atoms with van der Waals surface area (Å²) in [6, 6.07) is 22.4. The van der Waals surface area contributed by atoms with Crippen LogP contribution in [0.2, 0.25) is 10.0 Å². The van der Waals surface area contributed by atoms with Crippen LogP contribution in [0.1, 0.15) is 17.0 Å². The van der Waals surface area contributed by atoms with Crippen molar-refractivity contribution in [2.75, 3.05) is 19.6 Å². The molecule has 0 saturated heterocycles. The van der Waals surface area contributed by atoms with Gasteiger partial charge < -0.3 is 5.32 Å². The first kappa shape index (κ1) is 28.0. The van der Waals surface area contributed by atoms with Gasteiger partial charge in [-0.25, -0.2) is 14.9 Å². The Kier molecular flexibility index (Phi) is 8.71. The first-order valence-electron chi connectivity index (χ1n) is 11.3. The normalized spacial score (nSPS) is 16.4. The summed E-state index contributed by atoms with van der Waals surface area (Å²) in [7, 11) is -8.10. The summed E-state index contributed by atoms with van der Waals surface area (Å²) < 4.78 is 55.0. The van der Waals surface area contributed by atoms with Crippen LogP contribution < -0.4 is 15.2 Å². The molecule has 3 aromatic rings. The summed E-state index contributed by atoms with van der Waals surface area (Å²) in [4.78, 5) is -0.0652. The zero-order chi connectivity index (χ0) is 27.3. The lowest BCUT2D eigenvalue weighted by atomic mass is 9.91. The molecule has 200 valence electrons. The number of rotatable bonds is 8. The van der Waals surface area contributed by atoms with Crippen LogP contribution in [0.4, 0.5) is 0 Å². The van der Waals surface area contributed by atoms with Crippen molar-refractivity contribution in [1.29, 1.82) is 0 Å². The van der Waals surface area contributed by atoms with Crippen molar-refractivity contribution in [2.24, 2.45) is 14.6 Å². The van der Waals surface area contributed by atoms with Crippen molar-refractivity contribution in [1.82, 2.24) is 15.0 Å². The summed E-state index contributed by atoms with van der Waals surface area (Å²) in [5.41, 5.74) is 2.47. The van der Waals surface area contributed by atoms with E-state index >= 15 is 0 Å². The Bertz CT molecular complexity index is 1550. The minimum absolute atomic E-state index is 0.0102. The van der Waals surface area contributed by atoms with Gasteiger partial charge in [-0.3, -0.25) is 0 Å². The SMILES string of the molecule is NS(=O)(=O)NCCN/C(=N\S(=O)(=O)c1ccc(Cl)cc1)N1C[C@@H](c2ccccc2)C(c2ccc(Cl)cc2)=N1. The molecule has 0 amide bonds. The minimum Gasteiger partial charge on any atom is -0.353 e. The highest BCUT2D eigenvalue weighted by Crippen LogP contribution is 2.30. The van der Waals surface area contributed by atoms with E-state index in [1.807, 2.05) is 42.5 Å². The van der Waals surface area contributed by atoms with E-state index in [-0.39, 0.29) is 36.4 Å². The lowest BCUT2D eigenvalue weighted by molar-refractivity contribution is 0.455. The highest BCUT2D eigenvalue weighted by atomic mass is 35.5. The van der Waals surface area contributed by atoms with Crippen LogP contribution in [-0.2, 0) is 20.2 Å². The summed E-state index contributed by atoms with van der Waals surface area (Å²) in [5, 5.41) is 15.0. The number of hydrogen-bond acceptors (Lipinski definition) is 5. The second-order valence-electron chi connectivity index (χ2n) is 8.25. The molecule has 0 spiro atoms. The third-order valence-electron chi connectivity index (χ3n) is 5.53. The van der Waals surface area contributed by atoms with Crippen LogP contribution in [0, 0.1) is 0 Å². The molecule has 10 nitrogen and oxygen atoms in total. The number of guanidine groups is 1. The predicted molar refractivity (Wildman–Crippen MR) is 149 cm³/mol. The molecule has 1 aliphatic heterocycles. The van der Waals surface area contributed by atoms with E-state index in [2.05, 4.69) is 14.4 Å². The second kappa shape index (κ2) is 11.8. The van der Waals surface area contributed by atoms with Crippen LogP contribution in [0.25, 0.3) is 0 Å². The van der Waals surface area contributed by atoms with Crippen molar-refractivity contribution in [3.05, 3.63) is 100 Å². The largest absolute Gasteiger partial charge is 0.353 e. The molecule has 0 aromatic heterocycles. The maximum Gasteiger partial charge on any atom is 0.285 e. The number of nitrogens with two attached hydrogens (primary N) is 1. The summed E-state index contributed by atoms with van der Waals surface area (Å²) in [5.74, 6) is -0.300.